The summed E-state index contributed by atoms with van der Waals surface area (Å²) in [5.41, 5.74) is 4.03. The number of thioether (sulfide) groups is 1. The average molecular weight is 504 g/mol. The summed E-state index contributed by atoms with van der Waals surface area (Å²) in [5, 5.41) is 18.3. The van der Waals surface area contributed by atoms with Crippen LogP contribution in [0.4, 0.5) is 4.79 Å². The molecule has 1 aliphatic heterocycles. The zero-order valence-corrected chi connectivity index (χ0v) is 19.2. The van der Waals surface area contributed by atoms with Crippen LogP contribution >= 0.6 is 27.7 Å². The third-order valence-electron chi connectivity index (χ3n) is 5.13. The first-order valence-corrected chi connectivity index (χ1v) is 11.6. The van der Waals surface area contributed by atoms with Gasteiger partial charge in [-0.05, 0) is 47.7 Å². The number of aromatic hydroxyl groups is 1. The van der Waals surface area contributed by atoms with Gasteiger partial charge in [0.05, 0.1) is 11.4 Å². The Bertz CT molecular complexity index is 1320. The Morgan fingerprint density at radius 1 is 1.00 bits per heavy atom. The molecule has 2 heterocycles. The van der Waals surface area contributed by atoms with Crippen LogP contribution in [0.2, 0.25) is 0 Å². The number of phenolic OH excluding ortho intramolecular Hbond substituents is 1. The molecule has 1 saturated heterocycles. The number of rotatable bonds is 4. The summed E-state index contributed by atoms with van der Waals surface area (Å²) in [6, 6.07) is 26.9. The van der Waals surface area contributed by atoms with E-state index in [0.717, 1.165) is 38.0 Å². The molecule has 1 atom stereocenters. The predicted molar refractivity (Wildman–Crippen MR) is 132 cm³/mol. The van der Waals surface area contributed by atoms with Gasteiger partial charge < -0.3 is 10.4 Å². The average Bonchev–Trinajstić information content (AvgIpc) is 3.40. The third-order valence-corrected chi connectivity index (χ3v) is 6.50. The van der Waals surface area contributed by atoms with Gasteiger partial charge in [0.2, 0.25) is 0 Å². The molecule has 1 aromatic heterocycles. The fourth-order valence-electron chi connectivity index (χ4n) is 3.63. The highest BCUT2D eigenvalue weighted by atomic mass is 79.9. The molecule has 0 bridgehead atoms. The van der Waals surface area contributed by atoms with Crippen LogP contribution in [0.1, 0.15) is 11.7 Å². The second-order valence-corrected chi connectivity index (χ2v) is 9.24. The minimum atomic E-state index is -0.487. The van der Waals surface area contributed by atoms with Gasteiger partial charge in [-0.1, -0.05) is 76.6 Å². The fraction of sp³-hybridized carbons (Fsp3) is 0.0400. The first-order chi connectivity index (χ1) is 15.6. The van der Waals surface area contributed by atoms with Gasteiger partial charge in [-0.25, -0.2) is 4.68 Å². The highest BCUT2D eigenvalue weighted by Crippen LogP contribution is 2.41. The lowest BCUT2D eigenvalue weighted by Crippen LogP contribution is -2.25. The molecule has 2 N–H and O–H groups in total. The molecule has 1 aliphatic rings. The molecule has 0 saturated carbocycles. The van der Waals surface area contributed by atoms with Gasteiger partial charge in [0.1, 0.15) is 5.75 Å². The van der Waals surface area contributed by atoms with Crippen LogP contribution in [-0.4, -0.2) is 20.1 Å². The molecule has 0 aliphatic carbocycles. The lowest BCUT2D eigenvalue weighted by atomic mass is 10.1. The number of nitrogens with zero attached hydrogens (tertiary/aromatic N) is 2. The molecule has 5 nitrogen and oxygen atoms in total. The molecule has 0 radical (unpaired) electrons. The second-order valence-electron chi connectivity index (χ2n) is 7.28. The molecule has 3 aromatic carbocycles. The summed E-state index contributed by atoms with van der Waals surface area (Å²) < 4.78 is 2.61. The number of amides is 1. The SMILES string of the molecule is O=C1N[C@@H](n2nc(-c3ccccc3)cc2-c2cc(Br)ccc2O)/C(=C/c2ccccc2)S1. The largest absolute Gasteiger partial charge is 0.507 e. The normalized spacial score (nSPS) is 17.0. The van der Waals surface area contributed by atoms with Crippen molar-refractivity contribution in [3.05, 3.63) is 99.9 Å². The fourth-order valence-corrected chi connectivity index (χ4v) is 4.85. The van der Waals surface area contributed by atoms with Crippen molar-refractivity contribution in [1.82, 2.24) is 15.1 Å². The van der Waals surface area contributed by atoms with Gasteiger partial charge in [-0.2, -0.15) is 5.10 Å². The van der Waals surface area contributed by atoms with Crippen LogP contribution in [0.3, 0.4) is 0 Å². The number of hydrogen-bond acceptors (Lipinski definition) is 4. The molecule has 1 fully saturated rings. The van der Waals surface area contributed by atoms with Crippen LogP contribution in [0, 0.1) is 0 Å². The third kappa shape index (κ3) is 4.09. The molecule has 0 spiro atoms. The standard InChI is InChI=1S/C25H18BrN3O2S/c26-18-11-12-22(30)19(14-18)21-15-20(17-9-5-2-6-10-17)28-29(21)24-23(32-25(31)27-24)13-16-7-3-1-4-8-16/h1-15,24,30H,(H,27,31)/b23-13-/t24-/m0/s1. The number of nitrogens with one attached hydrogen (secondary N) is 1. The van der Waals surface area contributed by atoms with E-state index in [-0.39, 0.29) is 11.0 Å². The van der Waals surface area contributed by atoms with Crippen molar-refractivity contribution in [3.63, 3.8) is 0 Å². The summed E-state index contributed by atoms with van der Waals surface area (Å²) in [4.78, 5) is 13.2. The predicted octanol–water partition coefficient (Wildman–Crippen LogP) is 6.68. The molecule has 7 heteroatoms. The minimum Gasteiger partial charge on any atom is -0.507 e. The van der Waals surface area contributed by atoms with Crippen molar-refractivity contribution in [2.45, 2.75) is 6.17 Å². The quantitative estimate of drug-likeness (QED) is 0.325. The van der Waals surface area contributed by atoms with E-state index in [1.165, 1.54) is 0 Å². The van der Waals surface area contributed by atoms with Crippen LogP contribution in [0.25, 0.3) is 28.6 Å². The summed E-state index contributed by atoms with van der Waals surface area (Å²) in [6.07, 6.45) is 1.50. The smallest absolute Gasteiger partial charge is 0.285 e. The zero-order chi connectivity index (χ0) is 22.1. The van der Waals surface area contributed by atoms with E-state index in [4.69, 9.17) is 5.10 Å². The lowest BCUT2D eigenvalue weighted by Gasteiger charge is -2.16. The van der Waals surface area contributed by atoms with Gasteiger partial charge in [0, 0.05) is 20.5 Å². The van der Waals surface area contributed by atoms with E-state index in [1.807, 2.05) is 78.9 Å². The molecule has 158 valence electrons. The van der Waals surface area contributed by atoms with Crippen molar-refractivity contribution in [2.24, 2.45) is 0 Å². The van der Waals surface area contributed by atoms with Gasteiger partial charge >= 0.3 is 0 Å². The first-order valence-electron chi connectivity index (χ1n) is 9.97. The molecular formula is C25H18BrN3O2S. The van der Waals surface area contributed by atoms with Crippen LogP contribution in [-0.2, 0) is 0 Å². The topological polar surface area (TPSA) is 67.2 Å². The molecule has 0 unspecified atom stereocenters. The molecule has 4 aromatic rings. The van der Waals surface area contributed by atoms with Crippen LogP contribution < -0.4 is 5.32 Å². The molecule has 5 rings (SSSR count). The van der Waals surface area contributed by atoms with E-state index in [2.05, 4.69) is 21.2 Å². The van der Waals surface area contributed by atoms with E-state index in [9.17, 15) is 9.90 Å². The van der Waals surface area contributed by atoms with Gasteiger partial charge in [-0.3, -0.25) is 4.79 Å². The van der Waals surface area contributed by atoms with E-state index >= 15 is 0 Å². The van der Waals surface area contributed by atoms with Crippen LogP contribution in [0.15, 0.2) is 94.3 Å². The van der Waals surface area contributed by atoms with E-state index < -0.39 is 6.17 Å². The van der Waals surface area contributed by atoms with Crippen LogP contribution in [0.5, 0.6) is 5.75 Å². The number of hydrogen-bond donors (Lipinski definition) is 2. The van der Waals surface area contributed by atoms with Crippen molar-refractivity contribution < 1.29 is 9.90 Å². The Morgan fingerprint density at radius 2 is 1.72 bits per heavy atom. The Hall–Kier alpha value is -3.29. The Morgan fingerprint density at radius 3 is 2.47 bits per heavy atom. The Balaban J connectivity index is 1.68. The van der Waals surface area contributed by atoms with Crippen molar-refractivity contribution >= 4 is 39.0 Å². The molecule has 32 heavy (non-hydrogen) atoms. The second kappa shape index (κ2) is 8.68. The number of carbonyl (C=O) groups excluding carboxylic acids is 1. The summed E-state index contributed by atoms with van der Waals surface area (Å²) in [7, 11) is 0. The first kappa shape index (κ1) is 20.6. The Kier molecular flexibility index (Phi) is 5.59. The maximum atomic E-state index is 12.4. The van der Waals surface area contributed by atoms with Gasteiger partial charge in [0.15, 0.2) is 6.17 Å². The highest BCUT2D eigenvalue weighted by molar-refractivity contribution is 9.10. The molecular weight excluding hydrogens is 486 g/mol. The minimum absolute atomic E-state index is 0.138. The summed E-state index contributed by atoms with van der Waals surface area (Å²) in [6.45, 7) is 0. The zero-order valence-electron chi connectivity index (χ0n) is 16.8. The van der Waals surface area contributed by atoms with Crippen molar-refractivity contribution in [3.8, 4) is 28.3 Å². The summed E-state index contributed by atoms with van der Waals surface area (Å²) >= 11 is 4.65. The van der Waals surface area contributed by atoms with E-state index in [0.29, 0.717) is 11.3 Å². The van der Waals surface area contributed by atoms with Crippen molar-refractivity contribution in [2.75, 3.05) is 0 Å². The van der Waals surface area contributed by atoms with Crippen molar-refractivity contribution in [1.29, 1.82) is 0 Å². The number of halogens is 1. The van der Waals surface area contributed by atoms with Gasteiger partial charge in [-0.15, -0.1) is 0 Å². The maximum Gasteiger partial charge on any atom is 0.285 e. The van der Waals surface area contributed by atoms with Gasteiger partial charge in [0.25, 0.3) is 5.24 Å². The number of phenols is 1. The number of benzene rings is 3. The number of carbonyl (C=O) groups is 1. The van der Waals surface area contributed by atoms with E-state index in [1.54, 1.807) is 16.8 Å². The lowest BCUT2D eigenvalue weighted by molar-refractivity contribution is 0.257. The maximum absolute atomic E-state index is 12.4. The Labute approximate surface area is 197 Å². The number of aromatic nitrogens is 2. The molecule has 1 amide bonds. The monoisotopic (exact) mass is 503 g/mol. The summed E-state index contributed by atoms with van der Waals surface area (Å²) in [5.74, 6) is 0.138. The highest BCUT2D eigenvalue weighted by Gasteiger charge is 2.32.